The normalized spacial score (nSPS) is 20.4. The predicted molar refractivity (Wildman–Crippen MR) is 74.5 cm³/mol. The summed E-state index contributed by atoms with van der Waals surface area (Å²) in [5.74, 6) is 0.822. The standard InChI is InChI=1S/C15H23NO3/c1-2-12-4-3-5-15(8-12)19-11-14(17)9-16-13-6-7-18-10-13/h3-5,8,13-14,16-17H,2,6-7,9-11H2,1H3. The smallest absolute Gasteiger partial charge is 0.119 e. The van der Waals surface area contributed by atoms with Gasteiger partial charge in [-0.3, -0.25) is 0 Å². The van der Waals surface area contributed by atoms with Gasteiger partial charge in [0, 0.05) is 19.2 Å². The minimum Gasteiger partial charge on any atom is -0.491 e. The van der Waals surface area contributed by atoms with Crippen LogP contribution in [0.3, 0.4) is 0 Å². The average molecular weight is 265 g/mol. The highest BCUT2D eigenvalue weighted by molar-refractivity contribution is 5.28. The van der Waals surface area contributed by atoms with E-state index < -0.39 is 6.10 Å². The van der Waals surface area contributed by atoms with E-state index in [0.29, 0.717) is 19.2 Å². The summed E-state index contributed by atoms with van der Waals surface area (Å²) in [6, 6.07) is 8.37. The minimum absolute atomic E-state index is 0.313. The van der Waals surface area contributed by atoms with E-state index in [1.165, 1.54) is 5.56 Å². The fourth-order valence-corrected chi connectivity index (χ4v) is 2.10. The number of hydrogen-bond acceptors (Lipinski definition) is 4. The molecule has 1 aromatic carbocycles. The number of benzene rings is 1. The van der Waals surface area contributed by atoms with Crippen LogP contribution in [-0.4, -0.2) is 43.6 Å². The largest absolute Gasteiger partial charge is 0.491 e. The molecular formula is C15H23NO3. The zero-order valence-corrected chi connectivity index (χ0v) is 11.5. The van der Waals surface area contributed by atoms with Crippen molar-refractivity contribution < 1.29 is 14.6 Å². The van der Waals surface area contributed by atoms with Crippen LogP contribution in [0.25, 0.3) is 0 Å². The molecule has 0 aliphatic carbocycles. The molecule has 1 aliphatic heterocycles. The van der Waals surface area contributed by atoms with Crippen molar-refractivity contribution in [2.24, 2.45) is 0 Å². The molecule has 1 aliphatic rings. The Bertz CT molecular complexity index is 377. The monoisotopic (exact) mass is 265 g/mol. The first-order chi connectivity index (χ1) is 9.28. The van der Waals surface area contributed by atoms with Crippen LogP contribution in [-0.2, 0) is 11.2 Å². The molecule has 0 saturated carbocycles. The van der Waals surface area contributed by atoms with E-state index in [2.05, 4.69) is 18.3 Å². The Morgan fingerprint density at radius 1 is 1.53 bits per heavy atom. The van der Waals surface area contributed by atoms with Gasteiger partial charge in [0.25, 0.3) is 0 Å². The average Bonchev–Trinajstić information content (AvgIpc) is 2.96. The summed E-state index contributed by atoms with van der Waals surface area (Å²) in [5.41, 5.74) is 1.24. The first kappa shape index (κ1) is 14.3. The maximum atomic E-state index is 9.87. The Balaban J connectivity index is 1.68. The number of aliphatic hydroxyl groups is 1. The summed E-state index contributed by atoms with van der Waals surface area (Å²) >= 11 is 0. The quantitative estimate of drug-likeness (QED) is 0.782. The van der Waals surface area contributed by atoms with Crippen molar-refractivity contribution in [3.05, 3.63) is 29.8 Å². The Morgan fingerprint density at radius 2 is 2.42 bits per heavy atom. The van der Waals surface area contributed by atoms with Crippen molar-refractivity contribution >= 4 is 0 Å². The van der Waals surface area contributed by atoms with Gasteiger partial charge in [0.2, 0.25) is 0 Å². The molecule has 2 rings (SSSR count). The Kier molecular flexibility index (Phi) is 5.63. The van der Waals surface area contributed by atoms with Gasteiger partial charge in [-0.05, 0) is 30.5 Å². The molecular weight excluding hydrogens is 242 g/mol. The highest BCUT2D eigenvalue weighted by atomic mass is 16.5. The van der Waals surface area contributed by atoms with Crippen LogP contribution in [0.2, 0.25) is 0 Å². The molecule has 2 unspecified atom stereocenters. The Morgan fingerprint density at radius 3 is 3.16 bits per heavy atom. The van der Waals surface area contributed by atoms with Crippen molar-refractivity contribution in [2.75, 3.05) is 26.4 Å². The van der Waals surface area contributed by atoms with Crippen molar-refractivity contribution in [1.29, 1.82) is 0 Å². The van der Waals surface area contributed by atoms with Gasteiger partial charge in [-0.15, -0.1) is 0 Å². The molecule has 0 amide bonds. The lowest BCUT2D eigenvalue weighted by atomic mass is 10.2. The summed E-state index contributed by atoms with van der Waals surface area (Å²) in [5, 5.41) is 13.2. The van der Waals surface area contributed by atoms with Gasteiger partial charge in [-0.25, -0.2) is 0 Å². The highest BCUT2D eigenvalue weighted by Gasteiger charge is 2.16. The fourth-order valence-electron chi connectivity index (χ4n) is 2.10. The van der Waals surface area contributed by atoms with Crippen molar-refractivity contribution in [1.82, 2.24) is 5.32 Å². The molecule has 0 bridgehead atoms. The first-order valence-electron chi connectivity index (χ1n) is 6.99. The van der Waals surface area contributed by atoms with Gasteiger partial charge < -0.3 is 19.9 Å². The molecule has 1 aromatic rings. The van der Waals surface area contributed by atoms with E-state index in [0.717, 1.165) is 31.8 Å². The zero-order chi connectivity index (χ0) is 13.5. The van der Waals surface area contributed by atoms with Gasteiger partial charge in [0.15, 0.2) is 0 Å². The fraction of sp³-hybridized carbons (Fsp3) is 0.600. The lowest BCUT2D eigenvalue weighted by Crippen LogP contribution is -2.38. The number of hydrogen-bond donors (Lipinski definition) is 2. The van der Waals surface area contributed by atoms with Gasteiger partial charge >= 0.3 is 0 Å². The van der Waals surface area contributed by atoms with Gasteiger partial charge in [0.1, 0.15) is 18.5 Å². The number of aryl methyl sites for hydroxylation is 1. The molecule has 1 fully saturated rings. The molecule has 1 saturated heterocycles. The first-order valence-corrected chi connectivity index (χ1v) is 6.99. The number of rotatable bonds is 7. The maximum Gasteiger partial charge on any atom is 0.119 e. The lowest BCUT2D eigenvalue weighted by molar-refractivity contribution is 0.102. The van der Waals surface area contributed by atoms with Crippen LogP contribution in [0.15, 0.2) is 24.3 Å². The second kappa shape index (κ2) is 7.48. The highest BCUT2D eigenvalue weighted by Crippen LogP contribution is 2.13. The molecule has 0 radical (unpaired) electrons. The number of nitrogens with one attached hydrogen (secondary N) is 1. The Labute approximate surface area is 114 Å². The van der Waals surface area contributed by atoms with E-state index in [4.69, 9.17) is 9.47 Å². The second-order valence-corrected chi connectivity index (χ2v) is 4.93. The van der Waals surface area contributed by atoms with E-state index in [1.807, 2.05) is 18.2 Å². The lowest BCUT2D eigenvalue weighted by Gasteiger charge is -2.16. The summed E-state index contributed by atoms with van der Waals surface area (Å²) in [7, 11) is 0. The summed E-state index contributed by atoms with van der Waals surface area (Å²) in [4.78, 5) is 0. The maximum absolute atomic E-state index is 9.87. The molecule has 4 heteroatoms. The van der Waals surface area contributed by atoms with Gasteiger partial charge in [-0.1, -0.05) is 19.1 Å². The van der Waals surface area contributed by atoms with Crippen LogP contribution in [0.4, 0.5) is 0 Å². The van der Waals surface area contributed by atoms with E-state index in [1.54, 1.807) is 0 Å². The summed E-state index contributed by atoms with van der Waals surface area (Å²) in [6.07, 6.45) is 1.51. The third-order valence-corrected chi connectivity index (χ3v) is 3.32. The molecule has 2 N–H and O–H groups in total. The van der Waals surface area contributed by atoms with Gasteiger partial charge in [-0.2, -0.15) is 0 Å². The van der Waals surface area contributed by atoms with E-state index >= 15 is 0 Å². The van der Waals surface area contributed by atoms with Crippen molar-refractivity contribution in [3.63, 3.8) is 0 Å². The number of ether oxygens (including phenoxy) is 2. The Hall–Kier alpha value is -1.10. The van der Waals surface area contributed by atoms with Crippen LogP contribution in [0.1, 0.15) is 18.9 Å². The van der Waals surface area contributed by atoms with Crippen LogP contribution >= 0.6 is 0 Å². The summed E-state index contributed by atoms with van der Waals surface area (Å²) in [6.45, 7) is 4.52. The van der Waals surface area contributed by atoms with Crippen LogP contribution in [0, 0.1) is 0 Å². The van der Waals surface area contributed by atoms with Crippen molar-refractivity contribution in [2.45, 2.75) is 31.9 Å². The van der Waals surface area contributed by atoms with E-state index in [-0.39, 0.29) is 0 Å². The SMILES string of the molecule is CCc1cccc(OCC(O)CNC2CCOC2)c1. The molecule has 0 aromatic heterocycles. The third kappa shape index (κ3) is 4.82. The van der Waals surface area contributed by atoms with Gasteiger partial charge in [0.05, 0.1) is 6.61 Å². The minimum atomic E-state index is -0.495. The number of aliphatic hydroxyl groups excluding tert-OH is 1. The van der Waals surface area contributed by atoms with Crippen LogP contribution < -0.4 is 10.1 Å². The second-order valence-electron chi connectivity index (χ2n) is 4.93. The van der Waals surface area contributed by atoms with E-state index in [9.17, 15) is 5.11 Å². The van der Waals surface area contributed by atoms with Crippen molar-refractivity contribution in [3.8, 4) is 5.75 Å². The summed E-state index contributed by atoms with van der Waals surface area (Å²) < 4.78 is 10.9. The third-order valence-electron chi connectivity index (χ3n) is 3.32. The molecule has 0 spiro atoms. The molecule has 106 valence electrons. The molecule has 19 heavy (non-hydrogen) atoms. The molecule has 4 nitrogen and oxygen atoms in total. The molecule has 2 atom stereocenters. The topological polar surface area (TPSA) is 50.7 Å². The predicted octanol–water partition coefficient (Wildman–Crippen LogP) is 1.37. The molecule has 1 heterocycles. The zero-order valence-electron chi connectivity index (χ0n) is 11.5. The van der Waals surface area contributed by atoms with Crippen LogP contribution in [0.5, 0.6) is 5.75 Å².